The minimum absolute atomic E-state index is 0.0327. The maximum absolute atomic E-state index is 13.2. The highest BCUT2D eigenvalue weighted by atomic mass is 19.4. The van der Waals surface area contributed by atoms with E-state index in [1.54, 1.807) is 0 Å². The summed E-state index contributed by atoms with van der Waals surface area (Å²) in [6, 6.07) is 2.41. The summed E-state index contributed by atoms with van der Waals surface area (Å²) in [7, 11) is 2.41. The summed E-state index contributed by atoms with van der Waals surface area (Å²) in [6.07, 6.45) is -1.33. The first-order valence-corrected chi connectivity index (χ1v) is 6.30. The van der Waals surface area contributed by atoms with Gasteiger partial charge in [0.05, 0.1) is 19.8 Å². The molecule has 4 nitrogen and oxygen atoms in total. The molecule has 114 valence electrons. The van der Waals surface area contributed by atoms with Crippen molar-refractivity contribution in [3.63, 3.8) is 0 Å². The van der Waals surface area contributed by atoms with Crippen LogP contribution >= 0.6 is 0 Å². The number of methoxy groups -OCH3 is 2. The Bertz CT molecular complexity index is 588. The minimum atomic E-state index is -4.59. The van der Waals surface area contributed by atoms with Crippen LogP contribution in [0, 0.1) is 0 Å². The number of isocyanates is 1. The summed E-state index contributed by atoms with van der Waals surface area (Å²) >= 11 is 0. The molecule has 1 aromatic rings. The molecule has 21 heavy (non-hydrogen) atoms. The van der Waals surface area contributed by atoms with Crippen molar-refractivity contribution in [2.24, 2.45) is 4.99 Å². The molecule has 0 unspecified atom stereocenters. The zero-order valence-corrected chi connectivity index (χ0v) is 11.6. The van der Waals surface area contributed by atoms with Crippen LogP contribution in [0.5, 0.6) is 11.5 Å². The maximum atomic E-state index is 13.2. The number of ether oxygens (including phenoxy) is 2. The zero-order valence-electron chi connectivity index (χ0n) is 11.6. The number of nitrogens with zero attached hydrogens (tertiary/aromatic N) is 1. The van der Waals surface area contributed by atoms with Gasteiger partial charge in [-0.3, -0.25) is 0 Å². The van der Waals surface area contributed by atoms with Crippen LogP contribution < -0.4 is 9.47 Å². The van der Waals surface area contributed by atoms with Crippen molar-refractivity contribution in [2.45, 2.75) is 31.0 Å². The van der Waals surface area contributed by atoms with Gasteiger partial charge in [-0.2, -0.15) is 18.2 Å². The van der Waals surface area contributed by atoms with Crippen molar-refractivity contribution >= 4 is 6.08 Å². The van der Waals surface area contributed by atoms with Gasteiger partial charge in [0.1, 0.15) is 5.56 Å². The summed E-state index contributed by atoms with van der Waals surface area (Å²) in [6.45, 7) is 0. The largest absolute Gasteiger partial charge is 0.493 e. The van der Waals surface area contributed by atoms with Gasteiger partial charge in [-0.05, 0) is 37.0 Å². The molecule has 1 aliphatic rings. The quantitative estimate of drug-likeness (QED) is 0.632. The molecule has 1 aliphatic carbocycles. The molecule has 0 heterocycles. The number of aliphatic imine (C=N–C) groups is 1. The SMILES string of the molecule is COc1cc(C2(N=C=O)CCC2)cc(C(F)(F)F)c1OC. The highest BCUT2D eigenvalue weighted by molar-refractivity contribution is 5.53. The summed E-state index contributed by atoms with van der Waals surface area (Å²) in [5, 5.41) is 0. The highest BCUT2D eigenvalue weighted by Gasteiger charge is 2.43. The number of alkyl halides is 3. The summed E-state index contributed by atoms with van der Waals surface area (Å²) < 4.78 is 49.4. The Labute approximate surface area is 119 Å². The predicted octanol–water partition coefficient (Wildman–Crippen LogP) is 3.44. The summed E-state index contributed by atoms with van der Waals surface area (Å²) in [5.41, 5.74) is -1.57. The van der Waals surface area contributed by atoms with E-state index in [4.69, 9.17) is 9.47 Å². The third kappa shape index (κ3) is 2.61. The summed E-state index contributed by atoms with van der Waals surface area (Å²) in [4.78, 5) is 14.3. The van der Waals surface area contributed by atoms with Crippen molar-refractivity contribution in [2.75, 3.05) is 14.2 Å². The zero-order chi connectivity index (χ0) is 15.7. The Kier molecular flexibility index (Phi) is 3.96. The number of hydrogen-bond donors (Lipinski definition) is 0. The molecule has 2 rings (SSSR count). The molecule has 0 radical (unpaired) electrons. The maximum Gasteiger partial charge on any atom is 0.420 e. The van der Waals surface area contributed by atoms with Gasteiger partial charge < -0.3 is 9.47 Å². The van der Waals surface area contributed by atoms with Gasteiger partial charge in [0, 0.05) is 0 Å². The Balaban J connectivity index is 2.66. The van der Waals surface area contributed by atoms with Crippen molar-refractivity contribution in [3.8, 4) is 11.5 Å². The van der Waals surface area contributed by atoms with E-state index in [-0.39, 0.29) is 11.5 Å². The number of rotatable bonds is 4. The third-order valence-electron chi connectivity index (χ3n) is 3.76. The van der Waals surface area contributed by atoms with Crippen LogP contribution in [-0.2, 0) is 16.5 Å². The third-order valence-corrected chi connectivity index (χ3v) is 3.76. The Morgan fingerprint density at radius 1 is 1.24 bits per heavy atom. The Morgan fingerprint density at radius 2 is 1.90 bits per heavy atom. The fourth-order valence-corrected chi connectivity index (χ4v) is 2.51. The van der Waals surface area contributed by atoms with Gasteiger partial charge in [-0.25, -0.2) is 4.79 Å². The van der Waals surface area contributed by atoms with Crippen LogP contribution in [-0.4, -0.2) is 20.3 Å². The molecule has 0 spiro atoms. The molecule has 0 N–H and O–H groups in total. The highest BCUT2D eigenvalue weighted by Crippen LogP contribution is 2.50. The van der Waals surface area contributed by atoms with E-state index >= 15 is 0 Å². The lowest BCUT2D eigenvalue weighted by Gasteiger charge is -2.37. The van der Waals surface area contributed by atoms with Crippen molar-refractivity contribution < 1.29 is 27.4 Å². The standard InChI is InChI=1S/C14H14F3NO3/c1-20-11-7-9(13(18-8-19)4-3-5-13)6-10(12(11)21-2)14(15,16)17/h6-7H,3-5H2,1-2H3. The van der Waals surface area contributed by atoms with Crippen molar-refractivity contribution in [1.29, 1.82) is 0 Å². The monoisotopic (exact) mass is 301 g/mol. The number of hydrogen-bond acceptors (Lipinski definition) is 4. The van der Waals surface area contributed by atoms with Gasteiger partial charge >= 0.3 is 6.18 Å². The van der Waals surface area contributed by atoms with Gasteiger partial charge in [0.2, 0.25) is 6.08 Å². The van der Waals surface area contributed by atoms with E-state index in [9.17, 15) is 18.0 Å². The van der Waals surface area contributed by atoms with Crippen LogP contribution in [0.15, 0.2) is 17.1 Å². The molecule has 0 amide bonds. The molecule has 1 aromatic carbocycles. The molecule has 0 aromatic heterocycles. The minimum Gasteiger partial charge on any atom is -0.493 e. The molecule has 1 saturated carbocycles. The van der Waals surface area contributed by atoms with Crippen molar-refractivity contribution in [3.05, 3.63) is 23.3 Å². The van der Waals surface area contributed by atoms with Gasteiger partial charge in [-0.1, -0.05) is 0 Å². The second kappa shape index (κ2) is 5.41. The smallest absolute Gasteiger partial charge is 0.420 e. The second-order valence-corrected chi connectivity index (χ2v) is 4.85. The normalized spacial score (nSPS) is 16.6. The fourth-order valence-electron chi connectivity index (χ4n) is 2.51. The van der Waals surface area contributed by atoms with Crippen molar-refractivity contribution in [1.82, 2.24) is 0 Å². The molecule has 0 saturated heterocycles. The lowest BCUT2D eigenvalue weighted by atomic mass is 9.72. The second-order valence-electron chi connectivity index (χ2n) is 4.85. The van der Waals surface area contributed by atoms with Crippen LogP contribution in [0.1, 0.15) is 30.4 Å². The molecular weight excluding hydrogens is 287 g/mol. The first kappa shape index (κ1) is 15.4. The molecular formula is C14H14F3NO3. The van der Waals surface area contributed by atoms with Crippen LogP contribution in [0.2, 0.25) is 0 Å². The average molecular weight is 301 g/mol. The fraction of sp³-hybridized carbons (Fsp3) is 0.500. The Hall–Kier alpha value is -2.01. The summed E-state index contributed by atoms with van der Waals surface area (Å²) in [5.74, 6) is -0.409. The van der Waals surface area contributed by atoms with E-state index in [0.29, 0.717) is 18.4 Å². The average Bonchev–Trinajstić information content (AvgIpc) is 2.40. The number of halogens is 3. The van der Waals surface area contributed by atoms with E-state index in [1.165, 1.54) is 19.3 Å². The van der Waals surface area contributed by atoms with Crippen LogP contribution in [0.4, 0.5) is 13.2 Å². The lowest BCUT2D eigenvalue weighted by molar-refractivity contribution is -0.139. The van der Waals surface area contributed by atoms with Crippen LogP contribution in [0.3, 0.4) is 0 Å². The number of carbonyl (C=O) groups excluding carboxylic acids is 1. The lowest BCUT2D eigenvalue weighted by Crippen LogP contribution is -2.32. The van der Waals surface area contributed by atoms with E-state index < -0.39 is 17.3 Å². The van der Waals surface area contributed by atoms with Gasteiger partial charge in [-0.15, -0.1) is 0 Å². The van der Waals surface area contributed by atoms with Gasteiger partial charge in [0.15, 0.2) is 11.5 Å². The molecule has 7 heteroatoms. The predicted molar refractivity (Wildman–Crippen MR) is 68.2 cm³/mol. The molecule has 0 bridgehead atoms. The number of benzene rings is 1. The topological polar surface area (TPSA) is 47.9 Å². The first-order chi connectivity index (χ1) is 9.88. The molecule has 0 aliphatic heterocycles. The van der Waals surface area contributed by atoms with E-state index in [0.717, 1.165) is 19.6 Å². The van der Waals surface area contributed by atoms with E-state index in [2.05, 4.69) is 4.99 Å². The molecule has 0 atom stereocenters. The van der Waals surface area contributed by atoms with Gasteiger partial charge in [0.25, 0.3) is 0 Å². The van der Waals surface area contributed by atoms with E-state index in [1.807, 2.05) is 0 Å². The first-order valence-electron chi connectivity index (χ1n) is 6.30. The Morgan fingerprint density at radius 3 is 2.29 bits per heavy atom. The van der Waals surface area contributed by atoms with Crippen LogP contribution in [0.25, 0.3) is 0 Å². The molecule has 1 fully saturated rings.